The maximum Gasteiger partial charge on any atom is 0.305 e. The third-order valence-corrected chi connectivity index (χ3v) is 5.37. The number of aliphatic hydroxyl groups is 1. The van der Waals surface area contributed by atoms with Gasteiger partial charge in [0.25, 0.3) is 11.8 Å². The lowest BCUT2D eigenvalue weighted by Gasteiger charge is -2.26. The van der Waals surface area contributed by atoms with Crippen molar-refractivity contribution in [3.63, 3.8) is 0 Å². The van der Waals surface area contributed by atoms with E-state index in [2.05, 4.69) is 10.6 Å². The van der Waals surface area contributed by atoms with E-state index >= 15 is 0 Å². The van der Waals surface area contributed by atoms with E-state index in [1.807, 2.05) is 0 Å². The van der Waals surface area contributed by atoms with Gasteiger partial charge in [0.15, 0.2) is 6.10 Å². The molecule has 0 aromatic heterocycles. The molecule has 3 aromatic carbocycles. The first-order valence-corrected chi connectivity index (χ1v) is 10.8. The quantitative estimate of drug-likeness (QED) is 0.248. The van der Waals surface area contributed by atoms with Gasteiger partial charge < -0.3 is 21.5 Å². The van der Waals surface area contributed by atoms with Crippen molar-refractivity contribution in [2.45, 2.75) is 24.6 Å². The number of benzene rings is 3. The van der Waals surface area contributed by atoms with E-state index in [4.69, 9.17) is 5.73 Å². The van der Waals surface area contributed by atoms with Crippen LogP contribution in [0.4, 0.5) is 10.1 Å². The van der Waals surface area contributed by atoms with Crippen LogP contribution < -0.4 is 16.4 Å². The number of nitrogens with zero attached hydrogens (tertiary/aromatic N) is 1. The number of primary amides is 1. The van der Waals surface area contributed by atoms with Gasteiger partial charge in [-0.05, 0) is 29.3 Å². The summed E-state index contributed by atoms with van der Waals surface area (Å²) in [5.41, 5.74) is 5.49. The van der Waals surface area contributed by atoms with Crippen LogP contribution in [0.5, 0.6) is 0 Å². The molecule has 3 atom stereocenters. The number of nitrogens with one attached hydrogen (secondary N) is 2. The number of rotatable bonds is 10. The van der Waals surface area contributed by atoms with Crippen LogP contribution >= 0.6 is 0 Å². The Morgan fingerprint density at radius 2 is 1.58 bits per heavy atom. The summed E-state index contributed by atoms with van der Waals surface area (Å²) in [5, 5.41) is 26.8. The Hall–Kier alpha value is -4.64. The Balaban J connectivity index is 1.80. The van der Waals surface area contributed by atoms with E-state index in [1.54, 1.807) is 60.7 Å². The maximum absolute atomic E-state index is 13.6. The van der Waals surface area contributed by atoms with Crippen molar-refractivity contribution in [1.82, 2.24) is 10.6 Å². The van der Waals surface area contributed by atoms with Gasteiger partial charge in [0.2, 0.25) is 11.7 Å². The standard InChI is InChI=1S/C25H23FN4O6/c26-18-12-11-15(14-20(18)30(35)36)13-19(23(27)32)28-25(34)22(31)21(16-7-3-1-4-8-16)29-24(33)17-9-5-2-6-10-17/h1-12,14,19,21-22,31H,13H2,(H2,27,32)(H,28,34)(H,29,33)/t19-,21-,22+/m0/s1. The minimum atomic E-state index is -1.83. The van der Waals surface area contributed by atoms with Gasteiger partial charge in [-0.15, -0.1) is 0 Å². The summed E-state index contributed by atoms with van der Waals surface area (Å²) in [6, 6.07) is 16.9. The lowest BCUT2D eigenvalue weighted by atomic mass is 9.99. The first kappa shape index (κ1) is 26.0. The Labute approximate surface area is 205 Å². The number of aliphatic hydroxyl groups excluding tert-OH is 1. The highest BCUT2D eigenvalue weighted by Crippen LogP contribution is 2.21. The first-order valence-electron chi connectivity index (χ1n) is 10.8. The number of nitro groups is 1. The molecule has 0 aliphatic heterocycles. The molecular formula is C25H23FN4O6. The Kier molecular flexibility index (Phi) is 8.42. The lowest BCUT2D eigenvalue weighted by molar-refractivity contribution is -0.387. The molecule has 10 nitrogen and oxygen atoms in total. The number of halogens is 1. The maximum atomic E-state index is 13.6. The topological polar surface area (TPSA) is 165 Å². The summed E-state index contributed by atoms with van der Waals surface area (Å²) < 4.78 is 13.6. The number of hydrogen-bond donors (Lipinski definition) is 4. The molecule has 11 heteroatoms. The molecular weight excluding hydrogens is 471 g/mol. The van der Waals surface area contributed by atoms with Crippen molar-refractivity contribution in [3.8, 4) is 0 Å². The molecule has 0 radical (unpaired) electrons. The minimum absolute atomic E-state index is 0.165. The van der Waals surface area contributed by atoms with Crippen molar-refractivity contribution in [2.24, 2.45) is 5.73 Å². The van der Waals surface area contributed by atoms with Crippen LogP contribution in [0.3, 0.4) is 0 Å². The third-order valence-electron chi connectivity index (χ3n) is 5.37. The van der Waals surface area contributed by atoms with E-state index < -0.39 is 52.3 Å². The number of nitro benzene ring substituents is 1. The van der Waals surface area contributed by atoms with Crippen LogP contribution in [0.15, 0.2) is 78.9 Å². The molecule has 0 aliphatic carbocycles. The molecule has 0 saturated heterocycles. The van der Waals surface area contributed by atoms with E-state index in [0.717, 1.165) is 12.1 Å². The van der Waals surface area contributed by atoms with Crippen molar-refractivity contribution in [2.75, 3.05) is 0 Å². The predicted molar refractivity (Wildman–Crippen MR) is 127 cm³/mol. The van der Waals surface area contributed by atoms with Gasteiger partial charge >= 0.3 is 5.69 Å². The fourth-order valence-corrected chi connectivity index (χ4v) is 3.51. The van der Waals surface area contributed by atoms with Crippen LogP contribution in [0.2, 0.25) is 0 Å². The largest absolute Gasteiger partial charge is 0.381 e. The summed E-state index contributed by atoms with van der Waals surface area (Å²) in [4.78, 5) is 47.7. The van der Waals surface area contributed by atoms with Gasteiger partial charge in [-0.2, -0.15) is 4.39 Å². The average molecular weight is 494 g/mol. The monoisotopic (exact) mass is 494 g/mol. The third kappa shape index (κ3) is 6.48. The molecule has 3 aromatic rings. The van der Waals surface area contributed by atoms with E-state index in [0.29, 0.717) is 11.1 Å². The molecule has 0 bridgehead atoms. The second-order valence-electron chi connectivity index (χ2n) is 7.88. The van der Waals surface area contributed by atoms with Crippen molar-refractivity contribution in [1.29, 1.82) is 0 Å². The molecule has 0 spiro atoms. The van der Waals surface area contributed by atoms with Crippen LogP contribution in [-0.4, -0.2) is 39.9 Å². The van der Waals surface area contributed by atoms with Gasteiger partial charge in [-0.1, -0.05) is 54.6 Å². The highest BCUT2D eigenvalue weighted by atomic mass is 19.1. The van der Waals surface area contributed by atoms with Crippen molar-refractivity contribution in [3.05, 3.63) is 111 Å². The molecule has 0 heterocycles. The molecule has 186 valence electrons. The normalized spacial score (nSPS) is 13.2. The zero-order chi connectivity index (χ0) is 26.2. The van der Waals surface area contributed by atoms with E-state index in [1.165, 1.54) is 6.07 Å². The fraction of sp³-hybridized carbons (Fsp3) is 0.160. The second kappa shape index (κ2) is 11.7. The summed E-state index contributed by atoms with van der Waals surface area (Å²) >= 11 is 0. The van der Waals surface area contributed by atoms with Crippen LogP contribution in [-0.2, 0) is 16.0 Å². The molecule has 0 aliphatic rings. The molecule has 5 N–H and O–H groups in total. The number of hydrogen-bond acceptors (Lipinski definition) is 6. The zero-order valence-corrected chi connectivity index (χ0v) is 18.8. The molecule has 3 rings (SSSR count). The highest BCUT2D eigenvalue weighted by Gasteiger charge is 2.32. The zero-order valence-electron chi connectivity index (χ0n) is 18.8. The molecule has 3 amide bonds. The SMILES string of the molecule is NC(=O)[C@H](Cc1ccc(F)c([N+](=O)[O-])c1)NC(=O)[C@H](O)[C@@H](NC(=O)c1ccccc1)c1ccccc1. The van der Waals surface area contributed by atoms with Crippen LogP contribution in [0, 0.1) is 15.9 Å². The average Bonchev–Trinajstić information content (AvgIpc) is 2.88. The lowest BCUT2D eigenvalue weighted by Crippen LogP contribution is -2.52. The Bertz CT molecular complexity index is 1260. The summed E-state index contributed by atoms with van der Waals surface area (Å²) in [7, 11) is 0. The molecule has 0 fully saturated rings. The van der Waals surface area contributed by atoms with E-state index in [9.17, 15) is 34.0 Å². The van der Waals surface area contributed by atoms with Gasteiger partial charge in [0.05, 0.1) is 11.0 Å². The van der Waals surface area contributed by atoms with Gasteiger partial charge in [-0.3, -0.25) is 24.5 Å². The molecule has 0 unspecified atom stereocenters. The van der Waals surface area contributed by atoms with Crippen molar-refractivity contribution >= 4 is 23.4 Å². The number of carbonyl (C=O) groups excluding carboxylic acids is 3. The minimum Gasteiger partial charge on any atom is -0.381 e. The van der Waals surface area contributed by atoms with Gasteiger partial charge in [0, 0.05) is 18.1 Å². The van der Waals surface area contributed by atoms with Gasteiger partial charge in [0.1, 0.15) is 6.04 Å². The number of amides is 3. The summed E-state index contributed by atoms with van der Waals surface area (Å²) in [5.74, 6) is -3.59. The number of nitrogens with two attached hydrogens (primary N) is 1. The molecule has 36 heavy (non-hydrogen) atoms. The predicted octanol–water partition coefficient (Wildman–Crippen LogP) is 1.78. The first-order chi connectivity index (χ1) is 17.2. The summed E-state index contributed by atoms with van der Waals surface area (Å²) in [6.45, 7) is 0. The van der Waals surface area contributed by atoms with Crippen LogP contribution in [0.25, 0.3) is 0 Å². The molecule has 0 saturated carbocycles. The fourth-order valence-electron chi connectivity index (χ4n) is 3.51. The van der Waals surface area contributed by atoms with Crippen LogP contribution in [0.1, 0.15) is 27.5 Å². The van der Waals surface area contributed by atoms with Gasteiger partial charge in [-0.25, -0.2) is 0 Å². The summed E-state index contributed by atoms with van der Waals surface area (Å²) in [6.07, 6.45) is -2.12. The highest BCUT2D eigenvalue weighted by molar-refractivity contribution is 5.95. The number of carbonyl (C=O) groups is 3. The van der Waals surface area contributed by atoms with E-state index in [-0.39, 0.29) is 12.0 Å². The second-order valence-corrected chi connectivity index (χ2v) is 7.88. The van der Waals surface area contributed by atoms with Crippen molar-refractivity contribution < 1.29 is 28.8 Å². The Morgan fingerprint density at radius 3 is 2.17 bits per heavy atom. The smallest absolute Gasteiger partial charge is 0.305 e. The Morgan fingerprint density at radius 1 is 0.972 bits per heavy atom.